The van der Waals surface area contributed by atoms with Crippen molar-refractivity contribution in [2.24, 2.45) is 0 Å². The van der Waals surface area contributed by atoms with Gasteiger partial charge in [-0.25, -0.2) is 0 Å². The molecule has 4 aliphatic rings. The molecule has 4 heterocycles. The second-order valence-electron chi connectivity index (χ2n) is 19.2. The number of halogens is 2. The first-order chi connectivity index (χ1) is 35.1. The van der Waals surface area contributed by atoms with Gasteiger partial charge in [0.1, 0.15) is 0 Å². The average Bonchev–Trinajstić information content (AvgIpc) is 3.55. The fourth-order valence-corrected chi connectivity index (χ4v) is 11.9. The van der Waals surface area contributed by atoms with Gasteiger partial charge in [0.15, 0.2) is 0 Å². The second-order valence-corrected chi connectivity index (χ2v) is 29.7. The summed E-state index contributed by atoms with van der Waals surface area (Å²) < 4.78 is 106. The van der Waals surface area contributed by atoms with Crippen LogP contribution in [0, 0.1) is 7.14 Å². The number of fused-ring (bicyclic) bond motifs is 4. The molecule has 19 nitrogen and oxygen atoms in total. The molecule has 2 saturated heterocycles. The van der Waals surface area contributed by atoms with E-state index in [4.69, 9.17) is 18.2 Å². The summed E-state index contributed by atoms with van der Waals surface area (Å²) in [6, 6.07) is 28.9. The van der Waals surface area contributed by atoms with E-state index in [1.807, 2.05) is 23.5 Å². The van der Waals surface area contributed by atoms with Gasteiger partial charge in [-0.15, -0.1) is 0 Å². The van der Waals surface area contributed by atoms with E-state index in [9.17, 15) is 43.9 Å². The quantitative estimate of drug-likeness (QED) is 0.0786. The SMILES string of the molecule is CC(C)c1ccc2c(c1)C(N1CCN(CCO)CC1)Cc1cc(I)ccc1S2.CC(C)c1ccc2c(c1)C(N1CCN(CCO)CC1)Cc1cc(I)ccc1S2.CS(=O)(=O)O.CS(=O)(=O)O.CS(=O)(=O)O.CS(=O)(=O)O.O. The Kier molecular flexibility index (Phi) is 30.5. The fourth-order valence-electron chi connectivity index (χ4n) is 8.58. The number of nitrogens with zero attached hydrogens (tertiary/aromatic N) is 4. The van der Waals surface area contributed by atoms with Gasteiger partial charge in [0.25, 0.3) is 40.5 Å². The Morgan fingerprint density at radius 2 is 0.753 bits per heavy atom. The molecule has 77 heavy (non-hydrogen) atoms. The monoisotopic (exact) mass is 1420 g/mol. The first kappa shape index (κ1) is 71.5. The van der Waals surface area contributed by atoms with Gasteiger partial charge in [0, 0.05) is 104 Å². The van der Waals surface area contributed by atoms with Crippen molar-refractivity contribution < 1.29 is 67.6 Å². The summed E-state index contributed by atoms with van der Waals surface area (Å²) in [5.74, 6) is 1.09. The van der Waals surface area contributed by atoms with Crippen LogP contribution in [0.1, 0.15) is 85.0 Å². The summed E-state index contributed by atoms with van der Waals surface area (Å²) in [6.45, 7) is 19.7. The zero-order valence-corrected chi connectivity index (χ0v) is 53.8. The van der Waals surface area contributed by atoms with E-state index in [0.717, 1.165) is 78.3 Å². The molecule has 27 heteroatoms. The Labute approximate surface area is 492 Å². The summed E-state index contributed by atoms with van der Waals surface area (Å²) >= 11 is 8.74. The molecule has 4 aliphatic heterocycles. The second kappa shape index (κ2) is 32.9. The van der Waals surface area contributed by atoms with Crippen LogP contribution in [0.2, 0.25) is 0 Å². The third-order valence-electron chi connectivity index (χ3n) is 12.0. The number of hydrogen-bond donors (Lipinski definition) is 6. The van der Waals surface area contributed by atoms with Crippen LogP contribution in [0.25, 0.3) is 0 Å². The van der Waals surface area contributed by atoms with Crippen LogP contribution in [0.15, 0.2) is 92.4 Å². The molecule has 2 unspecified atom stereocenters. The lowest BCUT2D eigenvalue weighted by molar-refractivity contribution is 0.0823. The zero-order chi connectivity index (χ0) is 57.3. The van der Waals surface area contributed by atoms with Crippen molar-refractivity contribution in [1.82, 2.24) is 19.6 Å². The van der Waals surface area contributed by atoms with Crippen molar-refractivity contribution in [3.8, 4) is 0 Å². The normalized spacial score (nSPS) is 18.1. The van der Waals surface area contributed by atoms with E-state index in [1.165, 1.54) is 60.1 Å². The van der Waals surface area contributed by atoms with Crippen LogP contribution in [0.3, 0.4) is 0 Å². The van der Waals surface area contributed by atoms with E-state index in [1.54, 1.807) is 0 Å². The maximum atomic E-state index is 9.26. The zero-order valence-electron chi connectivity index (χ0n) is 44.6. The van der Waals surface area contributed by atoms with Crippen LogP contribution in [-0.4, -0.2) is 191 Å². The number of rotatable bonds is 8. The summed E-state index contributed by atoms with van der Waals surface area (Å²) in [7, 11) is -14.7. The van der Waals surface area contributed by atoms with Crippen LogP contribution >= 0.6 is 68.7 Å². The molecule has 8 rings (SSSR count). The van der Waals surface area contributed by atoms with Gasteiger partial charge in [0.05, 0.1) is 38.2 Å². The van der Waals surface area contributed by atoms with Gasteiger partial charge in [0.2, 0.25) is 0 Å². The Morgan fingerprint density at radius 1 is 0.481 bits per heavy atom. The van der Waals surface area contributed by atoms with E-state index in [2.05, 4.69) is 165 Å². The minimum absolute atomic E-state index is 0. The molecule has 8 N–H and O–H groups in total. The van der Waals surface area contributed by atoms with Crippen molar-refractivity contribution in [2.45, 2.75) is 84.0 Å². The lowest BCUT2D eigenvalue weighted by Crippen LogP contribution is -2.48. The molecule has 436 valence electrons. The Balaban J connectivity index is 0.000000387. The molecule has 2 atom stereocenters. The Hall–Kier alpha value is -1.60. The fraction of sp³-hybridized carbons (Fsp3) is 0.520. The van der Waals surface area contributed by atoms with Crippen molar-refractivity contribution in [1.29, 1.82) is 0 Å². The van der Waals surface area contributed by atoms with E-state index < -0.39 is 40.5 Å². The van der Waals surface area contributed by atoms with Gasteiger partial charge in [-0.05, 0) is 152 Å². The van der Waals surface area contributed by atoms with Gasteiger partial charge in [-0.1, -0.05) is 75.5 Å². The van der Waals surface area contributed by atoms with Crippen molar-refractivity contribution >= 4 is 109 Å². The smallest absolute Gasteiger partial charge is 0.261 e. The van der Waals surface area contributed by atoms with Crippen molar-refractivity contribution in [3.63, 3.8) is 0 Å². The van der Waals surface area contributed by atoms with Crippen LogP contribution < -0.4 is 0 Å². The van der Waals surface area contributed by atoms with Crippen LogP contribution in [0.4, 0.5) is 0 Å². The molecule has 0 aromatic heterocycles. The third-order valence-corrected chi connectivity index (χ3v) is 15.7. The number of aliphatic hydroxyl groups is 2. The van der Waals surface area contributed by atoms with E-state index >= 15 is 0 Å². The van der Waals surface area contributed by atoms with Crippen molar-refractivity contribution in [3.05, 3.63) is 113 Å². The molecular formula is C50H76I2N4O15S6. The molecule has 0 bridgehead atoms. The van der Waals surface area contributed by atoms with Crippen LogP contribution in [0.5, 0.6) is 0 Å². The first-order valence-corrected chi connectivity index (χ1v) is 35.3. The van der Waals surface area contributed by atoms with Gasteiger partial charge >= 0.3 is 0 Å². The number of hydrogen-bond acceptors (Lipinski definition) is 16. The summed E-state index contributed by atoms with van der Waals surface area (Å²) in [4.78, 5) is 15.7. The van der Waals surface area contributed by atoms with Gasteiger partial charge < -0.3 is 15.7 Å². The molecule has 4 aromatic rings. The largest absolute Gasteiger partial charge is 0.412 e. The molecule has 2 fully saturated rings. The highest BCUT2D eigenvalue weighted by molar-refractivity contribution is 14.1. The lowest BCUT2D eigenvalue weighted by atomic mass is 9.93. The molecule has 0 saturated carbocycles. The summed E-state index contributed by atoms with van der Waals surface area (Å²) in [6.07, 6.45) is 5.02. The standard InChI is InChI=1S/2C23H29IN2OS.4CH4O3S.H2O/c2*1-16(2)17-3-5-23-20(14-17)21(26-9-7-25(8-10-26)11-12-27)15-18-13-19(24)4-6-22(18)28-23;4*1-5(2,3)4;/h2*3-6,13-14,16,21,27H,7-12,15H2,1-2H3;4*1H3,(H,2,3,4);1H2. The highest BCUT2D eigenvalue weighted by Gasteiger charge is 2.32. The minimum atomic E-state index is -3.67. The summed E-state index contributed by atoms with van der Waals surface area (Å²) in [5.41, 5.74) is 8.81. The average molecular weight is 1420 g/mol. The molecule has 0 aliphatic carbocycles. The molecule has 0 amide bonds. The predicted molar refractivity (Wildman–Crippen MR) is 324 cm³/mol. The molecular weight excluding hydrogens is 1340 g/mol. The molecule has 0 spiro atoms. The van der Waals surface area contributed by atoms with Gasteiger partial charge in [-0.3, -0.25) is 37.8 Å². The maximum absolute atomic E-state index is 9.26. The lowest BCUT2D eigenvalue weighted by Gasteiger charge is -2.39. The minimum Gasteiger partial charge on any atom is -0.412 e. The number of piperazine rings is 2. The van der Waals surface area contributed by atoms with Crippen molar-refractivity contribution in [2.75, 3.05) is 104 Å². The highest BCUT2D eigenvalue weighted by atomic mass is 127. The third kappa shape index (κ3) is 28.8. The molecule has 0 radical (unpaired) electrons. The number of benzene rings is 4. The highest BCUT2D eigenvalue weighted by Crippen LogP contribution is 2.46. The maximum Gasteiger partial charge on any atom is 0.261 e. The molecule has 4 aromatic carbocycles. The van der Waals surface area contributed by atoms with E-state index in [-0.39, 0.29) is 18.7 Å². The van der Waals surface area contributed by atoms with E-state index in [0.29, 0.717) is 48.9 Å². The van der Waals surface area contributed by atoms with Gasteiger partial charge in [-0.2, -0.15) is 33.7 Å². The first-order valence-electron chi connectivity index (χ1n) is 24.1. The van der Waals surface area contributed by atoms with Crippen LogP contribution in [-0.2, 0) is 53.3 Å². The number of aliphatic hydroxyl groups excluding tert-OH is 2. The summed E-state index contributed by atoms with van der Waals surface area (Å²) in [5, 5.41) is 18.5. The Morgan fingerprint density at radius 3 is 1.01 bits per heavy atom. The topological polar surface area (TPSA) is 302 Å². The predicted octanol–water partition coefficient (Wildman–Crippen LogP) is 6.74. The Bertz CT molecular complexity index is 2670. The number of β-amino-alcohol motifs (C(OH)–C–C–N with tert-alkyl or cyclic N) is 2.